The van der Waals surface area contributed by atoms with Crippen molar-refractivity contribution in [2.45, 2.75) is 318 Å². The van der Waals surface area contributed by atoms with Gasteiger partial charge in [0, 0.05) is 34.5 Å². The fraction of sp³-hybridized carbons (Fsp3) is 0.984. The van der Waals surface area contributed by atoms with Crippen LogP contribution in [0.2, 0.25) is 0 Å². The Labute approximate surface area is 676 Å². The molecule has 0 aliphatic carbocycles. The van der Waals surface area contributed by atoms with Crippen LogP contribution in [0.3, 0.4) is 0 Å². The molecule has 0 saturated heterocycles. The topological polar surface area (TPSA) is 146 Å². The highest BCUT2D eigenvalue weighted by molar-refractivity contribution is 8.70. The Balaban J connectivity index is 7.40. The predicted octanol–water partition coefficient (Wildman–Crippen LogP) is 26.4. The molecule has 598 valence electrons. The molecule has 0 aromatic heterocycles. The van der Waals surface area contributed by atoms with Gasteiger partial charge >= 0.3 is 12.1 Å². The van der Waals surface area contributed by atoms with Crippen molar-refractivity contribution in [3.05, 3.63) is 0 Å². The Bertz CT molecular complexity index is 2440. The summed E-state index contributed by atoms with van der Waals surface area (Å²) in [6.45, 7) is 56.8. The van der Waals surface area contributed by atoms with Gasteiger partial charge in [0.15, 0.2) is 0 Å². The lowest BCUT2D eigenvalue weighted by molar-refractivity contribution is -0.140. The maximum Gasteiger partial charge on any atom is 0.414 e. The van der Waals surface area contributed by atoms with Gasteiger partial charge < -0.3 is 59.0 Å². The zero-order valence-electron chi connectivity index (χ0n) is 65.6. The Kier molecular flexibility index (Phi) is 57.8. The molecule has 0 N–H and O–H groups in total. The van der Waals surface area contributed by atoms with E-state index in [9.17, 15) is 4.79 Å². The first-order chi connectivity index (χ1) is 45.9. The molecule has 0 aromatic carbocycles. The fourth-order valence-corrected chi connectivity index (χ4v) is 47.1. The summed E-state index contributed by atoms with van der Waals surface area (Å²) >= 11 is 54.5. The molecule has 16 unspecified atom stereocenters. The third-order valence-corrected chi connectivity index (χ3v) is 50.2. The van der Waals surface area contributed by atoms with Crippen LogP contribution in [0, 0.1) is 41.4 Å². The summed E-state index contributed by atoms with van der Waals surface area (Å²) in [6, 6.07) is 0. The van der Waals surface area contributed by atoms with E-state index in [2.05, 4.69) is 145 Å². The SMILES string of the molecule is COC(=O)CCSP(=S)(OC(C)CSP(=S)(OC(C)CS[P+](=S)OC(C)CC(C)C)OC(C)CSP(=S)(OC(C)CC(C)C)OC(C)CC(C)C)OC(C)CSP(=S)(OC(C)CSP(=S)(OC(C)CC(C)C)OC(C)CC(C)C)OC(C)CSP(=S)(OC(C)CC(C)C)OC(C)CC(C)C. The number of ether oxygens (including phenoxy) is 1. The molecule has 0 spiro atoms. The van der Waals surface area contributed by atoms with Crippen molar-refractivity contribution in [1.29, 1.82) is 0 Å². The number of rotatable bonds is 62. The molecule has 0 heterocycles. The molecule has 16 atom stereocenters. The van der Waals surface area contributed by atoms with Crippen molar-refractivity contribution in [1.82, 2.24) is 0 Å². The third-order valence-electron chi connectivity index (χ3n) is 13.1. The number of methoxy groups -OCH3 is 1. The summed E-state index contributed by atoms with van der Waals surface area (Å²) in [6.07, 6.45) is 1.75. The Morgan fingerprint density at radius 1 is 0.290 bits per heavy atom. The van der Waals surface area contributed by atoms with Gasteiger partial charge in [0.1, 0.15) is 17.5 Å². The van der Waals surface area contributed by atoms with E-state index in [1.54, 1.807) is 11.4 Å². The Hall–Kier alpha value is 5.82. The lowest BCUT2D eigenvalue weighted by Gasteiger charge is -2.33. The third kappa shape index (κ3) is 54.6. The monoisotopic (exact) mass is 1810 g/mol. The number of hydrogen-bond acceptors (Lipinski definition) is 29. The maximum atomic E-state index is 12.6. The standard InChI is InChI=1S/C64H134O15P7S14/c1-44(2)31-51(15)67-80(87)94-38-58(22)74-85(92,77-61(25)41-96-82(89,68-52(16)32-45(3)4)69-53(17)33-46(5)6)99-39-59(23)75-81(88,95-30-29-64(65)66-28)76-60(24)40-100-86(93,78-62(26)42-97-83(90,70-54(18)34-47(7)8)71-55(19)35-48(9)10)79-63(27)43-98-84(91,72-56(20)36-49(11)12)73-57(21)37-50(13)14/h44-63H,29-43H2,1-28H3/q+1. The van der Waals surface area contributed by atoms with Gasteiger partial charge in [-0.05, 0) is 247 Å². The first-order valence-electron chi connectivity index (χ1n) is 35.4. The normalized spacial score (nSPS) is 20.5. The number of carbonyl (C=O) groups is 1. The van der Waals surface area contributed by atoms with Gasteiger partial charge in [-0.3, -0.25) is 4.79 Å². The largest absolute Gasteiger partial charge is 0.469 e. The molecule has 15 nitrogen and oxygen atoms in total. The molecule has 0 amide bonds. The molecular formula is C64H134O15P7S14+. The Morgan fingerprint density at radius 3 is 0.670 bits per heavy atom. The van der Waals surface area contributed by atoms with Crippen LogP contribution in [-0.4, -0.2) is 133 Å². The van der Waals surface area contributed by atoms with Crippen LogP contribution in [0.15, 0.2) is 0 Å². The summed E-state index contributed by atoms with van der Waals surface area (Å²) < 4.78 is 92.9. The van der Waals surface area contributed by atoms with E-state index in [0.717, 1.165) is 44.9 Å². The van der Waals surface area contributed by atoms with Crippen LogP contribution in [0.1, 0.15) is 238 Å². The van der Waals surface area contributed by atoms with Gasteiger partial charge in [-0.1, -0.05) is 165 Å². The molecule has 0 fully saturated rings. The van der Waals surface area contributed by atoms with Gasteiger partial charge in [-0.15, -0.1) is 0 Å². The second-order valence-electron chi connectivity index (χ2n) is 29.2. The highest BCUT2D eigenvalue weighted by atomic mass is 32.9. The summed E-state index contributed by atoms with van der Waals surface area (Å²) in [5.41, 5.74) is -18.2. The highest BCUT2D eigenvalue weighted by Crippen LogP contribution is 2.71. The quantitative estimate of drug-likeness (QED) is 0.0420. The minimum Gasteiger partial charge on any atom is -0.469 e. The average Bonchev–Trinajstić information content (AvgIpc) is 0.851. The molecule has 100 heavy (non-hydrogen) atoms. The van der Waals surface area contributed by atoms with Gasteiger partial charge in [-0.25, -0.2) is 0 Å². The van der Waals surface area contributed by atoms with Crippen LogP contribution >= 0.6 is 120 Å². The molecule has 0 saturated carbocycles. The summed E-state index contributed by atoms with van der Waals surface area (Å²) in [5, 5.41) is 0. The van der Waals surface area contributed by atoms with Crippen LogP contribution < -0.4 is 0 Å². The van der Waals surface area contributed by atoms with E-state index in [4.69, 9.17) is 146 Å². The molecule has 0 aliphatic rings. The first kappa shape index (κ1) is 106. The summed E-state index contributed by atoms with van der Waals surface area (Å²) in [5.74, 6) is 5.51. The summed E-state index contributed by atoms with van der Waals surface area (Å²) in [4.78, 5) is 12.6. The minimum absolute atomic E-state index is 0.0449. The number of hydrogen-bond donors (Lipinski definition) is 0. The molecule has 0 radical (unpaired) electrons. The molecule has 0 rings (SSSR count). The summed E-state index contributed by atoms with van der Waals surface area (Å²) in [7, 11) is 1.37. The average molecular weight is 1810 g/mol. The van der Waals surface area contributed by atoms with E-state index < -0.39 is 70.8 Å². The lowest BCUT2D eigenvalue weighted by atomic mass is 10.1. The van der Waals surface area contributed by atoms with Crippen molar-refractivity contribution >= 4 is 209 Å². The van der Waals surface area contributed by atoms with Crippen LogP contribution in [0.5, 0.6) is 0 Å². The molecular weight excluding hydrogens is 1670 g/mol. The van der Waals surface area contributed by atoms with E-state index >= 15 is 0 Å². The second-order valence-corrected chi connectivity index (χ2v) is 71.5. The van der Waals surface area contributed by atoms with Gasteiger partial charge in [0.25, 0.3) is 0 Å². The van der Waals surface area contributed by atoms with E-state index in [1.165, 1.54) is 75.4 Å². The van der Waals surface area contributed by atoms with E-state index in [0.29, 0.717) is 81.7 Å². The van der Waals surface area contributed by atoms with Crippen molar-refractivity contribution < 1.29 is 68.3 Å². The van der Waals surface area contributed by atoms with Crippen LogP contribution in [0.4, 0.5) is 0 Å². The number of carbonyl (C=O) groups excluding carboxylic acids is 1. The zero-order valence-corrected chi connectivity index (χ0v) is 83.3. The maximum absolute atomic E-state index is 12.6. The zero-order chi connectivity index (χ0) is 77.2. The highest BCUT2D eigenvalue weighted by Gasteiger charge is 2.38. The smallest absolute Gasteiger partial charge is 0.414 e. The van der Waals surface area contributed by atoms with Crippen LogP contribution in [-0.2, 0) is 151 Å². The van der Waals surface area contributed by atoms with Crippen molar-refractivity contribution in [2.75, 3.05) is 47.4 Å². The minimum atomic E-state index is -3.26. The number of esters is 1. The molecule has 36 heteroatoms. The Morgan fingerprint density at radius 2 is 0.470 bits per heavy atom. The van der Waals surface area contributed by atoms with Crippen LogP contribution in [0.25, 0.3) is 0 Å². The van der Waals surface area contributed by atoms with Gasteiger partial charge in [0.2, 0.25) is 46.0 Å². The van der Waals surface area contributed by atoms with Crippen molar-refractivity contribution in [3.8, 4) is 0 Å². The molecule has 0 bridgehead atoms. The van der Waals surface area contributed by atoms with Crippen molar-refractivity contribution in [2.24, 2.45) is 41.4 Å². The fourth-order valence-electron chi connectivity index (χ4n) is 9.96. The predicted molar refractivity (Wildman–Crippen MR) is 477 cm³/mol. The van der Waals surface area contributed by atoms with Crippen molar-refractivity contribution in [3.63, 3.8) is 0 Å². The molecule has 0 aromatic rings. The van der Waals surface area contributed by atoms with E-state index in [-0.39, 0.29) is 61.2 Å². The van der Waals surface area contributed by atoms with Gasteiger partial charge in [-0.2, -0.15) is 4.52 Å². The van der Waals surface area contributed by atoms with Gasteiger partial charge in [0.05, 0.1) is 92.5 Å². The van der Waals surface area contributed by atoms with E-state index in [1.807, 2.05) is 41.5 Å². The molecule has 0 aliphatic heterocycles. The second kappa shape index (κ2) is 54.6. The lowest BCUT2D eigenvalue weighted by Crippen LogP contribution is -2.19. The first-order valence-corrected chi connectivity index (χ1v) is 64.7.